The molecule has 0 fully saturated rings. The van der Waals surface area contributed by atoms with E-state index in [1.165, 1.54) is 12.1 Å². The Labute approximate surface area is 104 Å². The van der Waals surface area contributed by atoms with Gasteiger partial charge < -0.3 is 10.5 Å². The van der Waals surface area contributed by atoms with Crippen LogP contribution in [0.25, 0.3) is 0 Å². The van der Waals surface area contributed by atoms with Crippen molar-refractivity contribution in [3.8, 4) is 17.6 Å². The molecule has 2 aromatic rings. The van der Waals surface area contributed by atoms with Gasteiger partial charge in [-0.25, -0.2) is 4.39 Å². The lowest BCUT2D eigenvalue weighted by Gasteiger charge is -2.10. The van der Waals surface area contributed by atoms with Gasteiger partial charge in [0.2, 0.25) is 0 Å². The summed E-state index contributed by atoms with van der Waals surface area (Å²) in [5, 5.41) is 8.92. The van der Waals surface area contributed by atoms with E-state index in [4.69, 9.17) is 15.7 Å². The van der Waals surface area contributed by atoms with Crippen LogP contribution in [0.4, 0.5) is 10.1 Å². The Morgan fingerprint density at radius 3 is 2.67 bits per heavy atom. The van der Waals surface area contributed by atoms with Gasteiger partial charge in [-0.2, -0.15) is 5.26 Å². The first kappa shape index (κ1) is 11.9. The van der Waals surface area contributed by atoms with Gasteiger partial charge in [-0.3, -0.25) is 0 Å². The Morgan fingerprint density at radius 2 is 1.94 bits per heavy atom. The lowest BCUT2D eigenvalue weighted by molar-refractivity contribution is 0.441. The number of halogens is 1. The Kier molecular flexibility index (Phi) is 3.16. The maximum absolute atomic E-state index is 13.7. The molecule has 0 saturated carbocycles. The van der Waals surface area contributed by atoms with Crippen LogP contribution in [0.1, 0.15) is 11.1 Å². The number of aryl methyl sites for hydroxylation is 1. The minimum atomic E-state index is -0.550. The zero-order chi connectivity index (χ0) is 13.1. The molecule has 2 N–H and O–H groups in total. The van der Waals surface area contributed by atoms with Gasteiger partial charge in [0, 0.05) is 11.8 Å². The lowest BCUT2D eigenvalue weighted by Crippen LogP contribution is -1.95. The Morgan fingerprint density at radius 1 is 1.22 bits per heavy atom. The number of nitrogens with zero attached hydrogens (tertiary/aromatic N) is 1. The summed E-state index contributed by atoms with van der Waals surface area (Å²) in [6.45, 7) is 1.76. The minimum absolute atomic E-state index is 0.0596. The molecule has 90 valence electrons. The van der Waals surface area contributed by atoms with E-state index in [1.54, 1.807) is 31.2 Å². The number of nitrogens with two attached hydrogens (primary N) is 1. The van der Waals surface area contributed by atoms with Crippen LogP contribution in [0.15, 0.2) is 36.4 Å². The fourth-order valence-corrected chi connectivity index (χ4v) is 1.52. The van der Waals surface area contributed by atoms with Gasteiger partial charge in [0.15, 0.2) is 11.6 Å². The highest BCUT2D eigenvalue weighted by Gasteiger charge is 2.10. The maximum Gasteiger partial charge on any atom is 0.167 e. The molecule has 2 rings (SSSR count). The van der Waals surface area contributed by atoms with E-state index >= 15 is 0 Å². The molecule has 0 aromatic heterocycles. The zero-order valence-corrected chi connectivity index (χ0v) is 9.77. The normalized spacial score (nSPS) is 9.83. The van der Waals surface area contributed by atoms with Gasteiger partial charge in [-0.1, -0.05) is 12.1 Å². The van der Waals surface area contributed by atoms with E-state index < -0.39 is 5.82 Å². The molecular weight excluding hydrogens is 231 g/mol. The summed E-state index contributed by atoms with van der Waals surface area (Å²) < 4.78 is 19.1. The van der Waals surface area contributed by atoms with Gasteiger partial charge in [-0.15, -0.1) is 0 Å². The molecule has 0 radical (unpaired) electrons. The molecule has 0 saturated heterocycles. The Hall–Kier alpha value is -2.54. The first-order chi connectivity index (χ1) is 8.61. The van der Waals surface area contributed by atoms with Gasteiger partial charge in [-0.05, 0) is 30.7 Å². The van der Waals surface area contributed by atoms with Crippen LogP contribution >= 0.6 is 0 Å². The quantitative estimate of drug-likeness (QED) is 0.821. The number of nitriles is 1. The number of hydrogen-bond acceptors (Lipinski definition) is 3. The van der Waals surface area contributed by atoms with Crippen LogP contribution in [0.5, 0.6) is 11.5 Å². The second kappa shape index (κ2) is 4.76. The number of hydrogen-bond donors (Lipinski definition) is 1. The van der Waals surface area contributed by atoms with Gasteiger partial charge in [0.25, 0.3) is 0 Å². The predicted octanol–water partition coefficient (Wildman–Crippen LogP) is 3.38. The van der Waals surface area contributed by atoms with Crippen molar-refractivity contribution in [3.05, 3.63) is 53.3 Å². The van der Waals surface area contributed by atoms with Crippen molar-refractivity contribution in [3.63, 3.8) is 0 Å². The van der Waals surface area contributed by atoms with Crippen LogP contribution in [0.2, 0.25) is 0 Å². The highest BCUT2D eigenvalue weighted by molar-refractivity contribution is 5.52. The van der Waals surface area contributed by atoms with Gasteiger partial charge in [0.1, 0.15) is 11.8 Å². The van der Waals surface area contributed by atoms with Gasteiger partial charge in [0.05, 0.1) is 5.56 Å². The predicted molar refractivity (Wildman–Crippen MR) is 66.8 cm³/mol. The SMILES string of the molecule is Cc1cc(Oc2ccccc2C#N)c(F)cc1N. The third-order valence-electron chi connectivity index (χ3n) is 2.55. The van der Waals surface area contributed by atoms with E-state index in [1.807, 2.05) is 6.07 Å². The summed E-state index contributed by atoms with van der Waals surface area (Å²) >= 11 is 0. The number of ether oxygens (including phenoxy) is 1. The molecule has 0 spiro atoms. The summed E-state index contributed by atoms with van der Waals surface area (Å²) in [6.07, 6.45) is 0. The third kappa shape index (κ3) is 2.25. The van der Waals surface area contributed by atoms with E-state index in [9.17, 15) is 4.39 Å². The van der Waals surface area contributed by atoms with E-state index in [-0.39, 0.29) is 5.75 Å². The van der Waals surface area contributed by atoms with Crippen molar-refractivity contribution in [2.24, 2.45) is 0 Å². The van der Waals surface area contributed by atoms with Crippen LogP contribution < -0.4 is 10.5 Å². The molecule has 4 heteroatoms. The Balaban J connectivity index is 2.41. The van der Waals surface area contributed by atoms with E-state index in [0.717, 1.165) is 5.56 Å². The fourth-order valence-electron chi connectivity index (χ4n) is 1.52. The van der Waals surface area contributed by atoms with Crippen molar-refractivity contribution < 1.29 is 9.13 Å². The summed E-state index contributed by atoms with van der Waals surface area (Å²) in [5.41, 5.74) is 7.04. The first-order valence-electron chi connectivity index (χ1n) is 5.34. The summed E-state index contributed by atoms with van der Waals surface area (Å²) in [5.74, 6) is -0.168. The fraction of sp³-hybridized carbons (Fsp3) is 0.0714. The van der Waals surface area contributed by atoms with Crippen molar-refractivity contribution in [2.75, 3.05) is 5.73 Å². The summed E-state index contributed by atoms with van der Waals surface area (Å²) in [4.78, 5) is 0. The Bertz CT molecular complexity index is 632. The molecule has 0 heterocycles. The molecule has 0 aliphatic heterocycles. The van der Waals surface area contributed by atoms with E-state index in [0.29, 0.717) is 17.0 Å². The lowest BCUT2D eigenvalue weighted by atomic mass is 10.2. The highest BCUT2D eigenvalue weighted by Crippen LogP contribution is 2.29. The molecule has 3 nitrogen and oxygen atoms in total. The average Bonchev–Trinajstić information content (AvgIpc) is 2.36. The average molecular weight is 242 g/mol. The van der Waals surface area contributed by atoms with Crippen LogP contribution in [0, 0.1) is 24.1 Å². The number of benzene rings is 2. The second-order valence-electron chi connectivity index (χ2n) is 3.85. The molecule has 0 aliphatic rings. The van der Waals surface area contributed by atoms with Crippen LogP contribution in [-0.2, 0) is 0 Å². The first-order valence-corrected chi connectivity index (χ1v) is 5.34. The largest absolute Gasteiger partial charge is 0.453 e. The molecular formula is C14H11FN2O. The van der Waals surface area contributed by atoms with Crippen molar-refractivity contribution in [2.45, 2.75) is 6.92 Å². The standard InChI is InChI=1S/C14H11FN2O/c1-9-6-14(11(15)7-12(9)17)18-13-5-3-2-4-10(13)8-16/h2-7H,17H2,1H3. The van der Waals surface area contributed by atoms with Crippen LogP contribution in [0.3, 0.4) is 0 Å². The molecule has 0 atom stereocenters. The van der Waals surface area contributed by atoms with E-state index in [2.05, 4.69) is 0 Å². The summed E-state index contributed by atoms with van der Waals surface area (Å²) in [7, 11) is 0. The number of nitrogen functional groups attached to an aromatic ring is 1. The van der Waals surface area contributed by atoms with Gasteiger partial charge >= 0.3 is 0 Å². The monoisotopic (exact) mass is 242 g/mol. The second-order valence-corrected chi connectivity index (χ2v) is 3.85. The topological polar surface area (TPSA) is 59.0 Å². The molecule has 18 heavy (non-hydrogen) atoms. The molecule has 0 unspecified atom stereocenters. The molecule has 0 amide bonds. The molecule has 0 bridgehead atoms. The van der Waals surface area contributed by atoms with Crippen molar-refractivity contribution >= 4 is 5.69 Å². The molecule has 2 aromatic carbocycles. The number of anilines is 1. The minimum Gasteiger partial charge on any atom is -0.453 e. The third-order valence-corrected chi connectivity index (χ3v) is 2.55. The number of para-hydroxylation sites is 1. The zero-order valence-electron chi connectivity index (χ0n) is 9.77. The van der Waals surface area contributed by atoms with Crippen molar-refractivity contribution in [1.82, 2.24) is 0 Å². The summed E-state index contributed by atoms with van der Waals surface area (Å²) in [6, 6.07) is 11.4. The smallest absolute Gasteiger partial charge is 0.167 e. The highest BCUT2D eigenvalue weighted by atomic mass is 19.1. The van der Waals surface area contributed by atoms with Crippen LogP contribution in [-0.4, -0.2) is 0 Å². The van der Waals surface area contributed by atoms with Crippen molar-refractivity contribution in [1.29, 1.82) is 5.26 Å². The molecule has 0 aliphatic carbocycles. The number of rotatable bonds is 2. The maximum atomic E-state index is 13.7.